The Hall–Kier alpha value is -3.22. The number of nitrogens with one attached hydrogen (secondary N) is 1. The predicted molar refractivity (Wildman–Crippen MR) is 153 cm³/mol. The molecule has 186 valence electrons. The van der Waals surface area contributed by atoms with Gasteiger partial charge in [0, 0.05) is 30.4 Å². The fraction of sp³-hybridized carbons (Fsp3) is 0.333. The molecule has 0 radical (unpaired) electrons. The van der Waals surface area contributed by atoms with Gasteiger partial charge in [-0.2, -0.15) is 0 Å². The Morgan fingerprint density at radius 3 is 2.44 bits per heavy atom. The van der Waals surface area contributed by atoms with E-state index in [1.54, 1.807) is 0 Å². The molecule has 0 aromatic heterocycles. The number of amides is 1. The molecule has 5 rings (SSSR count). The summed E-state index contributed by atoms with van der Waals surface area (Å²) >= 11 is 0. The molecule has 6 heteroatoms. The fourth-order valence-corrected chi connectivity index (χ4v) is 8.99. The van der Waals surface area contributed by atoms with Crippen LogP contribution in [0.25, 0.3) is 5.57 Å². The van der Waals surface area contributed by atoms with Crippen molar-refractivity contribution >= 4 is 36.1 Å². The quantitative estimate of drug-likeness (QED) is 0.434. The maximum atomic E-state index is 13.1. The maximum absolute atomic E-state index is 13.1. The number of rotatable bonds is 3. The average molecular weight is 497 g/mol. The monoisotopic (exact) mass is 496 g/mol. The van der Waals surface area contributed by atoms with Crippen molar-refractivity contribution < 1.29 is 4.79 Å². The first-order valence-corrected chi connectivity index (χ1v) is 15.9. The molecule has 1 aliphatic heterocycles. The third-order valence-corrected chi connectivity index (χ3v) is 11.6. The Kier molecular flexibility index (Phi) is 6.35. The molecule has 2 aromatic carbocycles. The normalized spacial score (nSPS) is 23.7. The van der Waals surface area contributed by atoms with Gasteiger partial charge in [0.2, 0.25) is 0 Å². The van der Waals surface area contributed by atoms with Crippen LogP contribution in [0.4, 0.5) is 5.69 Å². The molecular weight excluding hydrogens is 460 g/mol. The Bertz CT molecular complexity index is 1360. The van der Waals surface area contributed by atoms with E-state index in [1.807, 2.05) is 25.2 Å². The minimum absolute atomic E-state index is 0.00456. The molecular formula is C30H36N4OSi. The number of aliphatic imine (C=N–C) groups is 1. The maximum Gasteiger partial charge on any atom is 0.251 e. The molecule has 0 saturated heterocycles. The van der Waals surface area contributed by atoms with Crippen molar-refractivity contribution in [3.8, 4) is 0 Å². The molecule has 0 spiro atoms. The third-order valence-electron chi connectivity index (χ3n) is 8.06. The van der Waals surface area contributed by atoms with Crippen molar-refractivity contribution in [1.82, 2.24) is 5.32 Å². The van der Waals surface area contributed by atoms with Crippen LogP contribution < -0.4 is 22.0 Å². The van der Waals surface area contributed by atoms with Crippen LogP contribution in [0.3, 0.4) is 0 Å². The summed E-state index contributed by atoms with van der Waals surface area (Å²) in [5.41, 5.74) is 20.7. The summed E-state index contributed by atoms with van der Waals surface area (Å²) in [5.74, 6) is -0.00456. The van der Waals surface area contributed by atoms with Crippen molar-refractivity contribution in [2.75, 3.05) is 12.8 Å². The minimum atomic E-state index is -2.00. The Labute approximate surface area is 215 Å². The summed E-state index contributed by atoms with van der Waals surface area (Å²) in [7, 11) is -0.157. The van der Waals surface area contributed by atoms with Crippen LogP contribution in [-0.4, -0.2) is 38.8 Å². The number of fused-ring (bicyclic) bond motifs is 2. The second kappa shape index (κ2) is 9.34. The van der Waals surface area contributed by atoms with Gasteiger partial charge in [-0.25, -0.2) is 0 Å². The number of hydrogen-bond donors (Lipinski definition) is 3. The van der Waals surface area contributed by atoms with E-state index in [2.05, 4.69) is 66.8 Å². The van der Waals surface area contributed by atoms with Crippen LogP contribution in [0.1, 0.15) is 52.7 Å². The number of aryl methyl sites for hydroxylation is 1. The third kappa shape index (κ3) is 4.29. The number of nitrogen functional groups attached to an aromatic ring is 1. The highest BCUT2D eigenvalue weighted by atomic mass is 28.3. The highest BCUT2D eigenvalue weighted by molar-refractivity contribution is 6.98. The van der Waals surface area contributed by atoms with Gasteiger partial charge in [0.1, 0.15) is 8.07 Å². The van der Waals surface area contributed by atoms with E-state index < -0.39 is 8.07 Å². The summed E-state index contributed by atoms with van der Waals surface area (Å²) in [6.45, 7) is 6.87. The van der Waals surface area contributed by atoms with E-state index in [-0.39, 0.29) is 18.0 Å². The standard InChI is InChI=1S/C30H36N4OSi/c1-18-15-19(30(35)34-22-9-6-20(31)7-10-22)5-12-24(18)29-25-13-8-21(32)16-27(25)36(3,4)28-17-23(33-2)11-14-26(28)29/h5,8,11-17,20,22H,6-7,9-10,31-32H2,1-4H3,(H,34,35)/b33-23+. The van der Waals surface area contributed by atoms with Crippen LogP contribution in [0.2, 0.25) is 13.1 Å². The fourth-order valence-electron chi connectivity index (χ4n) is 5.90. The van der Waals surface area contributed by atoms with E-state index >= 15 is 0 Å². The molecule has 2 aliphatic carbocycles. The molecule has 2 aromatic rings. The largest absolute Gasteiger partial charge is 0.399 e. The number of hydrogen-bond acceptors (Lipinski definition) is 4. The zero-order valence-corrected chi connectivity index (χ0v) is 22.7. The molecule has 36 heavy (non-hydrogen) atoms. The topological polar surface area (TPSA) is 93.5 Å². The SMILES string of the molecule is C/N=C1\C=CC2=C(c3ccc(C(=O)NC4CCC(N)CC4)cc3C)c3ccc(N)cc3[Si](C)(C)C2=C1. The van der Waals surface area contributed by atoms with Gasteiger partial charge < -0.3 is 16.8 Å². The molecule has 3 aliphatic rings. The highest BCUT2D eigenvalue weighted by Crippen LogP contribution is 2.42. The Morgan fingerprint density at radius 1 is 1.03 bits per heavy atom. The van der Waals surface area contributed by atoms with Crippen molar-refractivity contribution in [1.29, 1.82) is 0 Å². The highest BCUT2D eigenvalue weighted by Gasteiger charge is 2.39. The van der Waals surface area contributed by atoms with Gasteiger partial charge in [-0.15, -0.1) is 0 Å². The zero-order valence-electron chi connectivity index (χ0n) is 21.7. The Morgan fingerprint density at radius 2 is 1.75 bits per heavy atom. The van der Waals surface area contributed by atoms with Gasteiger partial charge in [-0.3, -0.25) is 9.79 Å². The van der Waals surface area contributed by atoms with E-state index in [0.717, 1.165) is 48.2 Å². The minimum Gasteiger partial charge on any atom is -0.399 e. The number of nitrogens with two attached hydrogens (primary N) is 2. The van der Waals surface area contributed by atoms with Crippen molar-refractivity contribution in [3.63, 3.8) is 0 Å². The molecule has 0 bridgehead atoms. The van der Waals surface area contributed by atoms with Crippen molar-refractivity contribution in [2.24, 2.45) is 10.7 Å². The lowest BCUT2D eigenvalue weighted by Crippen LogP contribution is -2.49. The number of carbonyl (C=O) groups is 1. The van der Waals surface area contributed by atoms with Crippen LogP contribution >= 0.6 is 0 Å². The summed E-state index contributed by atoms with van der Waals surface area (Å²) in [6.07, 6.45) is 10.4. The smallest absolute Gasteiger partial charge is 0.251 e. The van der Waals surface area contributed by atoms with Crippen LogP contribution in [-0.2, 0) is 0 Å². The second-order valence-electron chi connectivity index (χ2n) is 10.9. The first-order chi connectivity index (χ1) is 17.2. The summed E-state index contributed by atoms with van der Waals surface area (Å²) in [4.78, 5) is 17.5. The van der Waals surface area contributed by atoms with Crippen LogP contribution in [0.5, 0.6) is 0 Å². The van der Waals surface area contributed by atoms with Gasteiger partial charge in [-0.05, 0) is 107 Å². The molecule has 1 saturated carbocycles. The lowest BCUT2D eigenvalue weighted by Gasteiger charge is -2.38. The number of benzene rings is 2. The molecule has 5 nitrogen and oxygen atoms in total. The van der Waals surface area contributed by atoms with Crippen LogP contribution in [0, 0.1) is 6.92 Å². The van der Waals surface area contributed by atoms with Gasteiger partial charge >= 0.3 is 0 Å². The van der Waals surface area contributed by atoms with Crippen molar-refractivity contribution in [3.05, 3.63) is 87.6 Å². The van der Waals surface area contributed by atoms with E-state index in [1.165, 1.54) is 27.1 Å². The first-order valence-electron chi connectivity index (χ1n) is 12.9. The van der Waals surface area contributed by atoms with E-state index in [0.29, 0.717) is 5.56 Å². The lowest BCUT2D eigenvalue weighted by molar-refractivity contribution is 0.0926. The summed E-state index contributed by atoms with van der Waals surface area (Å²) in [5, 5.41) is 5.94. The molecule has 0 atom stereocenters. The van der Waals surface area contributed by atoms with E-state index in [9.17, 15) is 4.79 Å². The number of allylic oxidation sites excluding steroid dienone is 5. The second-order valence-corrected chi connectivity index (χ2v) is 15.2. The molecule has 1 fully saturated rings. The molecule has 1 amide bonds. The number of carbonyl (C=O) groups excluding carboxylic acids is 1. The molecule has 0 unspecified atom stereocenters. The predicted octanol–water partition coefficient (Wildman–Crippen LogP) is 4.41. The van der Waals surface area contributed by atoms with Crippen LogP contribution in [0.15, 0.2) is 70.4 Å². The van der Waals surface area contributed by atoms with Gasteiger partial charge in [-0.1, -0.05) is 31.3 Å². The van der Waals surface area contributed by atoms with Gasteiger partial charge in [0.05, 0.1) is 5.71 Å². The molecule has 1 heterocycles. The Balaban J connectivity index is 1.57. The average Bonchev–Trinajstić information content (AvgIpc) is 2.86. The van der Waals surface area contributed by atoms with Gasteiger partial charge in [0.25, 0.3) is 5.91 Å². The zero-order chi connectivity index (χ0) is 25.6. The lowest BCUT2D eigenvalue weighted by atomic mass is 9.87. The van der Waals surface area contributed by atoms with Gasteiger partial charge in [0.15, 0.2) is 0 Å². The van der Waals surface area contributed by atoms with Crippen molar-refractivity contribution in [2.45, 2.75) is 57.8 Å². The number of nitrogens with zero attached hydrogens (tertiary/aromatic N) is 1. The first kappa shape index (κ1) is 24.5. The molecule has 5 N–H and O–H groups in total. The summed E-state index contributed by atoms with van der Waals surface area (Å²) in [6, 6.07) is 12.9. The summed E-state index contributed by atoms with van der Waals surface area (Å²) < 4.78 is 0. The van der Waals surface area contributed by atoms with E-state index in [4.69, 9.17) is 11.5 Å². The number of anilines is 1.